The molecule has 1 aromatic heterocycles. The van der Waals surface area contributed by atoms with Gasteiger partial charge in [0.1, 0.15) is 12.6 Å². The zero-order chi connectivity index (χ0) is 24.2. The maximum Gasteiger partial charge on any atom is 0.411 e. The Morgan fingerprint density at radius 3 is 2.18 bits per heavy atom. The lowest BCUT2D eigenvalue weighted by molar-refractivity contribution is -0.140. The van der Waals surface area contributed by atoms with E-state index in [0.717, 1.165) is 22.3 Å². The van der Waals surface area contributed by atoms with Gasteiger partial charge in [-0.2, -0.15) is 0 Å². The van der Waals surface area contributed by atoms with Crippen molar-refractivity contribution < 1.29 is 24.2 Å². The van der Waals surface area contributed by atoms with E-state index >= 15 is 0 Å². The number of carboxylic acid groups (broad SMARTS) is 1. The van der Waals surface area contributed by atoms with Crippen LogP contribution in [0.5, 0.6) is 0 Å². The highest BCUT2D eigenvalue weighted by Crippen LogP contribution is 2.44. The number of hydrogen-bond donors (Lipinski definition) is 3. The van der Waals surface area contributed by atoms with Crippen LogP contribution >= 0.6 is 0 Å². The zero-order valence-corrected chi connectivity index (χ0v) is 18.8. The number of nitrogens with one attached hydrogen (secondary N) is 2. The summed E-state index contributed by atoms with van der Waals surface area (Å²) >= 11 is 0. The van der Waals surface area contributed by atoms with Crippen LogP contribution < -0.4 is 10.6 Å². The van der Waals surface area contributed by atoms with Crippen molar-refractivity contribution in [1.82, 2.24) is 10.3 Å². The lowest BCUT2D eigenvalue weighted by Gasteiger charge is -2.19. The van der Waals surface area contributed by atoms with Crippen LogP contribution in [0.25, 0.3) is 11.1 Å². The molecule has 1 aliphatic rings. The summed E-state index contributed by atoms with van der Waals surface area (Å²) in [5, 5.41) is 14.4. The first-order valence-corrected chi connectivity index (χ1v) is 11.0. The Labute approximate surface area is 197 Å². The summed E-state index contributed by atoms with van der Waals surface area (Å²) in [4.78, 5) is 40.8. The fourth-order valence-corrected chi connectivity index (χ4v) is 4.15. The lowest BCUT2D eigenvalue weighted by atomic mass is 9.98. The van der Waals surface area contributed by atoms with Gasteiger partial charge in [-0.3, -0.25) is 10.1 Å². The van der Waals surface area contributed by atoms with E-state index in [1.54, 1.807) is 19.9 Å². The SMILES string of the molecule is CC(C)C(NC(=O)c1ncccc1NC(=O)OCC1c2ccccc2-c2ccccc21)C(=O)O. The summed E-state index contributed by atoms with van der Waals surface area (Å²) in [5.74, 6) is -2.28. The number of benzene rings is 2. The van der Waals surface area contributed by atoms with Gasteiger partial charge in [-0.25, -0.2) is 14.6 Å². The number of rotatable bonds is 7. The minimum Gasteiger partial charge on any atom is -0.480 e. The zero-order valence-electron chi connectivity index (χ0n) is 18.8. The molecular formula is C26H25N3O5. The molecule has 0 radical (unpaired) electrons. The van der Waals surface area contributed by atoms with Crippen molar-refractivity contribution in [2.75, 3.05) is 11.9 Å². The Bertz CT molecular complexity index is 1190. The number of aliphatic carboxylic acids is 1. The molecule has 4 rings (SSSR count). The molecule has 0 aliphatic heterocycles. The maximum atomic E-state index is 12.7. The van der Waals surface area contributed by atoms with Crippen molar-refractivity contribution in [3.05, 3.63) is 83.7 Å². The van der Waals surface area contributed by atoms with E-state index in [-0.39, 0.29) is 29.8 Å². The number of carboxylic acids is 1. The number of amides is 2. The van der Waals surface area contributed by atoms with Crippen molar-refractivity contribution in [1.29, 1.82) is 0 Å². The molecule has 8 nitrogen and oxygen atoms in total. The third kappa shape index (κ3) is 4.61. The second-order valence-electron chi connectivity index (χ2n) is 8.38. The van der Waals surface area contributed by atoms with Crippen LogP contribution in [0.15, 0.2) is 66.9 Å². The third-order valence-corrected chi connectivity index (χ3v) is 5.82. The van der Waals surface area contributed by atoms with Crippen molar-refractivity contribution in [2.24, 2.45) is 5.92 Å². The first-order valence-electron chi connectivity index (χ1n) is 11.0. The Hall–Kier alpha value is -4.20. The minimum atomic E-state index is -1.15. The van der Waals surface area contributed by atoms with Gasteiger partial charge in [0.25, 0.3) is 5.91 Å². The number of anilines is 1. The van der Waals surface area contributed by atoms with Crippen LogP contribution in [-0.4, -0.2) is 40.7 Å². The first kappa shape index (κ1) is 23.0. The Kier molecular flexibility index (Phi) is 6.58. The van der Waals surface area contributed by atoms with Gasteiger partial charge in [-0.05, 0) is 40.3 Å². The van der Waals surface area contributed by atoms with Crippen LogP contribution in [0, 0.1) is 5.92 Å². The van der Waals surface area contributed by atoms with Gasteiger partial charge in [-0.1, -0.05) is 62.4 Å². The number of nitrogens with zero attached hydrogens (tertiary/aromatic N) is 1. The summed E-state index contributed by atoms with van der Waals surface area (Å²) in [7, 11) is 0. The largest absolute Gasteiger partial charge is 0.480 e. The summed E-state index contributed by atoms with van der Waals surface area (Å²) in [6.07, 6.45) is 0.658. The average molecular weight is 460 g/mol. The van der Waals surface area contributed by atoms with E-state index in [2.05, 4.69) is 27.8 Å². The number of aromatic nitrogens is 1. The smallest absolute Gasteiger partial charge is 0.411 e. The second kappa shape index (κ2) is 9.74. The monoisotopic (exact) mass is 459 g/mol. The van der Waals surface area contributed by atoms with E-state index in [9.17, 15) is 19.5 Å². The molecule has 3 N–H and O–H groups in total. The van der Waals surface area contributed by atoms with Crippen LogP contribution in [0.3, 0.4) is 0 Å². The van der Waals surface area contributed by atoms with Gasteiger partial charge in [0.2, 0.25) is 0 Å². The summed E-state index contributed by atoms with van der Waals surface area (Å²) in [6.45, 7) is 3.50. The molecule has 1 unspecified atom stereocenters. The number of hydrogen-bond acceptors (Lipinski definition) is 5. The minimum absolute atomic E-state index is 0.0945. The van der Waals surface area contributed by atoms with Crippen LogP contribution in [-0.2, 0) is 9.53 Å². The van der Waals surface area contributed by atoms with Crippen molar-refractivity contribution in [2.45, 2.75) is 25.8 Å². The number of ether oxygens (including phenoxy) is 1. The molecule has 0 fully saturated rings. The van der Waals surface area contributed by atoms with Gasteiger partial charge in [0, 0.05) is 12.1 Å². The molecule has 0 saturated heterocycles. The molecule has 174 valence electrons. The van der Waals surface area contributed by atoms with Crippen LogP contribution in [0.1, 0.15) is 41.4 Å². The van der Waals surface area contributed by atoms with E-state index in [1.165, 1.54) is 12.3 Å². The van der Waals surface area contributed by atoms with Crippen LogP contribution in [0.4, 0.5) is 10.5 Å². The Balaban J connectivity index is 1.46. The summed E-state index contributed by atoms with van der Waals surface area (Å²) < 4.78 is 5.53. The van der Waals surface area contributed by atoms with E-state index in [4.69, 9.17) is 4.74 Å². The predicted octanol–water partition coefficient (Wildman–Crippen LogP) is 4.28. The first-order chi connectivity index (χ1) is 16.4. The molecule has 1 atom stereocenters. The number of pyridine rings is 1. The molecule has 8 heteroatoms. The third-order valence-electron chi connectivity index (χ3n) is 5.82. The van der Waals surface area contributed by atoms with Crippen LogP contribution in [0.2, 0.25) is 0 Å². The van der Waals surface area contributed by atoms with E-state index in [1.807, 2.05) is 36.4 Å². The molecule has 0 saturated carbocycles. The fourth-order valence-electron chi connectivity index (χ4n) is 4.15. The fraction of sp³-hybridized carbons (Fsp3) is 0.231. The Morgan fingerprint density at radius 1 is 0.971 bits per heavy atom. The van der Waals surface area contributed by atoms with Gasteiger partial charge >= 0.3 is 12.1 Å². The summed E-state index contributed by atoms with van der Waals surface area (Å²) in [5.41, 5.74) is 4.46. The maximum absolute atomic E-state index is 12.7. The number of carbonyl (C=O) groups excluding carboxylic acids is 2. The molecule has 0 spiro atoms. The summed E-state index contributed by atoms with van der Waals surface area (Å²) in [6, 6.07) is 18.0. The predicted molar refractivity (Wildman–Crippen MR) is 127 cm³/mol. The standard InChI is InChI=1S/C26H25N3O5/c1-15(2)22(25(31)32)29-24(30)23-21(12-7-13-27-23)28-26(33)34-14-20-18-10-5-3-8-16(18)17-9-4-6-11-19(17)20/h3-13,15,20,22H,14H2,1-2H3,(H,28,33)(H,29,30)(H,31,32). The van der Waals surface area contributed by atoms with Gasteiger partial charge in [0.15, 0.2) is 5.69 Å². The number of carbonyl (C=O) groups is 3. The molecule has 0 bridgehead atoms. The second-order valence-corrected chi connectivity index (χ2v) is 8.38. The van der Waals surface area contributed by atoms with Crippen molar-refractivity contribution >= 4 is 23.7 Å². The van der Waals surface area contributed by atoms with E-state index < -0.39 is 24.0 Å². The van der Waals surface area contributed by atoms with Crippen molar-refractivity contribution in [3.63, 3.8) is 0 Å². The lowest BCUT2D eigenvalue weighted by Crippen LogP contribution is -2.44. The quantitative estimate of drug-likeness (QED) is 0.485. The van der Waals surface area contributed by atoms with Gasteiger partial charge in [-0.15, -0.1) is 0 Å². The highest BCUT2D eigenvalue weighted by Gasteiger charge is 2.29. The molecular weight excluding hydrogens is 434 g/mol. The van der Waals surface area contributed by atoms with Gasteiger partial charge in [0.05, 0.1) is 5.69 Å². The topological polar surface area (TPSA) is 118 Å². The molecule has 34 heavy (non-hydrogen) atoms. The van der Waals surface area contributed by atoms with Gasteiger partial charge < -0.3 is 15.2 Å². The van der Waals surface area contributed by atoms with E-state index in [0.29, 0.717) is 0 Å². The number of fused-ring (bicyclic) bond motifs is 3. The normalized spacial score (nSPS) is 13.0. The molecule has 2 aromatic carbocycles. The molecule has 2 amide bonds. The van der Waals surface area contributed by atoms with Crippen molar-refractivity contribution in [3.8, 4) is 11.1 Å². The average Bonchev–Trinajstić information content (AvgIpc) is 3.14. The molecule has 1 aliphatic carbocycles. The Morgan fingerprint density at radius 2 is 1.59 bits per heavy atom. The molecule has 1 heterocycles. The molecule has 3 aromatic rings. The highest BCUT2D eigenvalue weighted by atomic mass is 16.5. The highest BCUT2D eigenvalue weighted by molar-refractivity contribution is 6.02.